The second kappa shape index (κ2) is 8.64. The minimum absolute atomic E-state index is 0.0240. The minimum Gasteiger partial charge on any atom is -0.339 e. The summed E-state index contributed by atoms with van der Waals surface area (Å²) in [5.41, 5.74) is 1.81. The SMILES string of the molecule is Cn1cnc(S(=O)(=O)N2C[C@H](NCc3c(Cl)cncc3Cl)[C@@H](c3ccccc3)C2)c1. The number of sulfonamides is 1. The van der Waals surface area contributed by atoms with Crippen LogP contribution in [0.2, 0.25) is 10.0 Å². The molecule has 2 atom stereocenters. The molecule has 0 amide bonds. The largest absolute Gasteiger partial charge is 0.339 e. The molecule has 4 rings (SSSR count). The van der Waals surface area contributed by atoms with Gasteiger partial charge in [0.1, 0.15) is 0 Å². The maximum Gasteiger partial charge on any atom is 0.262 e. The van der Waals surface area contributed by atoms with Gasteiger partial charge >= 0.3 is 0 Å². The lowest BCUT2D eigenvalue weighted by Gasteiger charge is -2.21. The van der Waals surface area contributed by atoms with Crippen molar-refractivity contribution in [1.29, 1.82) is 0 Å². The van der Waals surface area contributed by atoms with Crippen molar-refractivity contribution in [2.24, 2.45) is 7.05 Å². The van der Waals surface area contributed by atoms with Crippen LogP contribution in [0.1, 0.15) is 17.0 Å². The highest BCUT2D eigenvalue weighted by Gasteiger charge is 2.40. The molecule has 0 spiro atoms. The molecule has 1 saturated heterocycles. The van der Waals surface area contributed by atoms with E-state index in [0.717, 1.165) is 11.1 Å². The summed E-state index contributed by atoms with van der Waals surface area (Å²) in [5, 5.41) is 4.46. The number of aryl methyl sites for hydroxylation is 1. The van der Waals surface area contributed by atoms with E-state index in [2.05, 4.69) is 15.3 Å². The lowest BCUT2D eigenvalue weighted by molar-refractivity contribution is 0.454. The van der Waals surface area contributed by atoms with E-state index in [-0.39, 0.29) is 17.0 Å². The van der Waals surface area contributed by atoms with Gasteiger partial charge in [0.25, 0.3) is 10.0 Å². The van der Waals surface area contributed by atoms with Gasteiger partial charge in [0.2, 0.25) is 0 Å². The molecule has 3 heterocycles. The number of hydrogen-bond acceptors (Lipinski definition) is 5. The van der Waals surface area contributed by atoms with Gasteiger partial charge in [-0.1, -0.05) is 53.5 Å². The molecule has 3 aromatic rings. The summed E-state index contributed by atoms with van der Waals surface area (Å²) < 4.78 is 29.4. The van der Waals surface area contributed by atoms with Crippen molar-refractivity contribution < 1.29 is 8.42 Å². The zero-order valence-electron chi connectivity index (χ0n) is 16.2. The summed E-state index contributed by atoms with van der Waals surface area (Å²) in [6, 6.07) is 9.77. The number of halogens is 2. The molecule has 1 aliphatic rings. The topological polar surface area (TPSA) is 80.1 Å². The van der Waals surface area contributed by atoms with Gasteiger partial charge in [-0.05, 0) is 5.56 Å². The third-order valence-corrected chi connectivity index (χ3v) is 7.66. The average Bonchev–Trinajstić information content (AvgIpc) is 3.36. The number of nitrogens with zero attached hydrogens (tertiary/aromatic N) is 4. The van der Waals surface area contributed by atoms with Gasteiger partial charge in [-0.2, -0.15) is 4.31 Å². The monoisotopic (exact) mass is 465 g/mol. The van der Waals surface area contributed by atoms with Crippen molar-refractivity contribution >= 4 is 33.2 Å². The maximum atomic E-state index is 13.1. The van der Waals surface area contributed by atoms with Crippen LogP contribution in [0.5, 0.6) is 0 Å². The summed E-state index contributed by atoms with van der Waals surface area (Å²) in [4.78, 5) is 8.02. The zero-order chi connectivity index (χ0) is 21.3. The summed E-state index contributed by atoms with van der Waals surface area (Å²) >= 11 is 12.5. The van der Waals surface area contributed by atoms with Crippen molar-refractivity contribution in [2.75, 3.05) is 13.1 Å². The predicted octanol–water partition coefficient (Wildman–Crippen LogP) is 3.07. The van der Waals surface area contributed by atoms with Crippen molar-refractivity contribution in [3.8, 4) is 0 Å². The van der Waals surface area contributed by atoms with E-state index >= 15 is 0 Å². The van der Waals surface area contributed by atoms with Crippen molar-refractivity contribution in [2.45, 2.75) is 23.5 Å². The molecule has 158 valence electrons. The fraction of sp³-hybridized carbons (Fsp3) is 0.300. The smallest absolute Gasteiger partial charge is 0.262 e. The Bertz CT molecular complexity index is 1120. The molecule has 0 bridgehead atoms. The fourth-order valence-corrected chi connectivity index (χ4v) is 5.66. The zero-order valence-corrected chi connectivity index (χ0v) is 18.6. The Balaban J connectivity index is 1.60. The van der Waals surface area contributed by atoms with Gasteiger partial charge in [-0.15, -0.1) is 0 Å². The normalized spacial score (nSPS) is 20.0. The third kappa shape index (κ3) is 4.24. The van der Waals surface area contributed by atoms with Crippen LogP contribution in [0.4, 0.5) is 0 Å². The Morgan fingerprint density at radius 2 is 1.83 bits per heavy atom. The molecule has 30 heavy (non-hydrogen) atoms. The number of aromatic nitrogens is 3. The Hall–Kier alpha value is -1.97. The Morgan fingerprint density at radius 3 is 2.47 bits per heavy atom. The number of pyridine rings is 1. The third-order valence-electron chi connectivity index (χ3n) is 5.29. The second-order valence-corrected chi connectivity index (χ2v) is 9.98. The molecule has 0 unspecified atom stereocenters. The van der Waals surface area contributed by atoms with Gasteiger partial charge in [0, 0.05) is 62.8 Å². The van der Waals surface area contributed by atoms with Crippen LogP contribution in [0.25, 0.3) is 0 Å². The highest BCUT2D eigenvalue weighted by molar-refractivity contribution is 7.89. The number of benzene rings is 1. The van der Waals surface area contributed by atoms with Crippen LogP contribution in [-0.4, -0.2) is 46.4 Å². The molecular weight excluding hydrogens is 445 g/mol. The van der Waals surface area contributed by atoms with E-state index in [0.29, 0.717) is 29.7 Å². The van der Waals surface area contributed by atoms with E-state index in [4.69, 9.17) is 23.2 Å². The van der Waals surface area contributed by atoms with Crippen LogP contribution < -0.4 is 5.32 Å². The van der Waals surface area contributed by atoms with E-state index in [1.165, 1.54) is 16.8 Å². The molecule has 0 saturated carbocycles. The number of nitrogens with one attached hydrogen (secondary N) is 1. The standard InChI is InChI=1S/C20H21Cl2N5O2S/c1-26-12-20(25-13-26)30(28,29)27-10-16(14-5-3-2-4-6-14)19(11-27)24-7-15-17(21)8-23-9-18(15)22/h2-6,8-9,12-13,16,19,24H,7,10-11H2,1H3/t16-,19+/m1/s1. The minimum atomic E-state index is -3.69. The number of hydrogen-bond donors (Lipinski definition) is 1. The van der Waals surface area contributed by atoms with E-state index in [1.807, 2.05) is 30.3 Å². The lowest BCUT2D eigenvalue weighted by atomic mass is 9.94. The highest BCUT2D eigenvalue weighted by atomic mass is 35.5. The Morgan fingerprint density at radius 1 is 1.13 bits per heavy atom. The first-order chi connectivity index (χ1) is 14.4. The average molecular weight is 466 g/mol. The Kier molecular flexibility index (Phi) is 6.13. The summed E-state index contributed by atoms with van der Waals surface area (Å²) in [6.45, 7) is 1.09. The first-order valence-corrected chi connectivity index (χ1v) is 11.6. The quantitative estimate of drug-likeness (QED) is 0.604. The lowest BCUT2D eigenvalue weighted by Crippen LogP contribution is -2.36. The molecular formula is C20H21Cl2N5O2S. The van der Waals surface area contributed by atoms with Gasteiger partial charge in [0.05, 0.1) is 16.4 Å². The van der Waals surface area contributed by atoms with Crippen LogP contribution >= 0.6 is 23.2 Å². The first kappa shape index (κ1) is 21.3. The van der Waals surface area contributed by atoms with Crippen LogP contribution in [0, 0.1) is 0 Å². The Labute approximate surface area is 185 Å². The number of imidazole rings is 1. The summed E-state index contributed by atoms with van der Waals surface area (Å²) in [6.07, 6.45) is 6.10. The first-order valence-electron chi connectivity index (χ1n) is 9.40. The van der Waals surface area contributed by atoms with E-state index in [9.17, 15) is 8.42 Å². The van der Waals surface area contributed by atoms with Gasteiger partial charge < -0.3 is 9.88 Å². The van der Waals surface area contributed by atoms with Crippen molar-refractivity contribution in [3.05, 3.63) is 76.4 Å². The predicted molar refractivity (Wildman–Crippen MR) is 116 cm³/mol. The maximum absolute atomic E-state index is 13.1. The molecule has 0 radical (unpaired) electrons. The van der Waals surface area contributed by atoms with Gasteiger partial charge in [-0.25, -0.2) is 13.4 Å². The molecule has 1 aliphatic heterocycles. The fourth-order valence-electron chi connectivity index (χ4n) is 3.70. The van der Waals surface area contributed by atoms with Gasteiger partial charge in [-0.3, -0.25) is 4.98 Å². The van der Waals surface area contributed by atoms with E-state index < -0.39 is 10.0 Å². The van der Waals surface area contributed by atoms with Gasteiger partial charge in [0.15, 0.2) is 5.03 Å². The second-order valence-electron chi connectivity index (χ2n) is 7.29. The van der Waals surface area contributed by atoms with Crippen molar-refractivity contribution in [1.82, 2.24) is 24.2 Å². The molecule has 10 heteroatoms. The van der Waals surface area contributed by atoms with Crippen molar-refractivity contribution in [3.63, 3.8) is 0 Å². The van der Waals surface area contributed by atoms with Crippen LogP contribution in [-0.2, 0) is 23.6 Å². The molecule has 2 aromatic heterocycles. The van der Waals surface area contributed by atoms with E-state index in [1.54, 1.807) is 24.0 Å². The molecule has 7 nitrogen and oxygen atoms in total. The summed E-state index contributed by atoms with van der Waals surface area (Å²) in [7, 11) is -1.95. The van der Waals surface area contributed by atoms with Crippen LogP contribution in [0.3, 0.4) is 0 Å². The molecule has 1 aromatic carbocycles. The molecule has 0 aliphatic carbocycles. The molecule has 1 fully saturated rings. The van der Waals surface area contributed by atoms with Crippen LogP contribution in [0.15, 0.2) is 60.3 Å². The number of rotatable bonds is 6. The highest BCUT2D eigenvalue weighted by Crippen LogP contribution is 2.32. The summed E-state index contributed by atoms with van der Waals surface area (Å²) in [5.74, 6) is -0.0240. The molecule has 1 N–H and O–H groups in total.